The van der Waals surface area contributed by atoms with Crippen molar-refractivity contribution in [3.05, 3.63) is 36.0 Å². The van der Waals surface area contributed by atoms with Gasteiger partial charge in [0.25, 0.3) is 5.91 Å². The molecule has 0 bridgehead atoms. The minimum absolute atomic E-state index is 0.188. The maximum atomic E-state index is 12.1. The third-order valence-corrected chi connectivity index (χ3v) is 2.47. The number of anilines is 2. The molecular formula is C13H16N4O2. The van der Waals surface area contributed by atoms with Gasteiger partial charge in [0.15, 0.2) is 0 Å². The van der Waals surface area contributed by atoms with E-state index in [1.54, 1.807) is 19.2 Å². The molecule has 0 aliphatic carbocycles. The number of rotatable bonds is 5. The van der Waals surface area contributed by atoms with E-state index >= 15 is 0 Å². The number of aromatic nitrogens is 2. The maximum Gasteiger partial charge on any atom is 0.301 e. The summed E-state index contributed by atoms with van der Waals surface area (Å²) in [5.74, 6) is -0.298. The second-order valence-electron chi connectivity index (χ2n) is 4.10. The first kappa shape index (κ1) is 13.1. The number of aryl methyl sites for hydroxylation is 1. The monoisotopic (exact) mass is 260 g/mol. The Balaban J connectivity index is 2.14. The molecular weight excluding hydrogens is 244 g/mol. The molecule has 2 aromatic rings. The van der Waals surface area contributed by atoms with E-state index < -0.39 is 0 Å². The summed E-state index contributed by atoms with van der Waals surface area (Å²) in [6, 6.07) is 1.96. The zero-order chi connectivity index (χ0) is 13.7. The Morgan fingerprint density at radius 2 is 2.32 bits per heavy atom. The van der Waals surface area contributed by atoms with Crippen molar-refractivity contribution in [3.8, 4) is 0 Å². The summed E-state index contributed by atoms with van der Waals surface area (Å²) >= 11 is 0. The van der Waals surface area contributed by atoms with Crippen molar-refractivity contribution in [2.75, 3.05) is 17.2 Å². The molecule has 0 atom stereocenters. The van der Waals surface area contributed by atoms with Gasteiger partial charge in [-0.2, -0.15) is 4.98 Å². The number of nitrogens with zero attached hydrogens (tertiary/aromatic N) is 2. The van der Waals surface area contributed by atoms with E-state index in [9.17, 15) is 4.79 Å². The van der Waals surface area contributed by atoms with Crippen LogP contribution in [-0.2, 0) is 0 Å². The molecule has 0 spiro atoms. The van der Waals surface area contributed by atoms with Crippen LogP contribution in [-0.4, -0.2) is 22.4 Å². The average Bonchev–Trinajstić information content (AvgIpc) is 2.82. The lowest BCUT2D eigenvalue weighted by atomic mass is 10.2. The van der Waals surface area contributed by atoms with Crippen LogP contribution in [0.4, 0.5) is 11.7 Å². The molecule has 2 N–H and O–H groups in total. The van der Waals surface area contributed by atoms with Gasteiger partial charge in [0.2, 0.25) is 0 Å². The van der Waals surface area contributed by atoms with Gasteiger partial charge in [-0.05, 0) is 19.4 Å². The Morgan fingerprint density at radius 1 is 1.47 bits per heavy atom. The molecule has 100 valence electrons. The van der Waals surface area contributed by atoms with E-state index in [2.05, 4.69) is 27.5 Å². The Hall–Kier alpha value is -2.37. The number of hydrogen-bond donors (Lipinski definition) is 2. The standard InChI is InChI=1S/C13H16N4O2/c1-3-5-15-11-4-6-14-7-10(11)12(18)17-13-16-9(2)8-19-13/h4,6-8H,3,5H2,1-2H3,(H,14,15)(H,16,17,18). The summed E-state index contributed by atoms with van der Waals surface area (Å²) in [4.78, 5) is 20.1. The van der Waals surface area contributed by atoms with Gasteiger partial charge in [-0.25, -0.2) is 0 Å². The van der Waals surface area contributed by atoms with Gasteiger partial charge >= 0.3 is 6.01 Å². The Kier molecular flexibility index (Phi) is 4.12. The second-order valence-corrected chi connectivity index (χ2v) is 4.10. The Bertz CT molecular complexity index is 565. The summed E-state index contributed by atoms with van der Waals surface area (Å²) in [7, 11) is 0. The Morgan fingerprint density at radius 3 is 3.00 bits per heavy atom. The van der Waals surface area contributed by atoms with E-state index in [1.165, 1.54) is 12.5 Å². The number of oxazole rings is 1. The predicted molar refractivity (Wildman–Crippen MR) is 72.2 cm³/mol. The van der Waals surface area contributed by atoms with E-state index in [4.69, 9.17) is 4.42 Å². The highest BCUT2D eigenvalue weighted by molar-refractivity contribution is 6.06. The van der Waals surface area contributed by atoms with Crippen molar-refractivity contribution in [2.24, 2.45) is 0 Å². The lowest BCUT2D eigenvalue weighted by molar-refractivity contribution is 0.102. The van der Waals surface area contributed by atoms with E-state index in [0.29, 0.717) is 11.3 Å². The van der Waals surface area contributed by atoms with Crippen LogP contribution in [0, 0.1) is 6.92 Å². The summed E-state index contributed by atoms with van der Waals surface area (Å²) in [6.07, 6.45) is 5.62. The summed E-state index contributed by atoms with van der Waals surface area (Å²) in [5.41, 5.74) is 1.93. The normalized spacial score (nSPS) is 10.2. The van der Waals surface area contributed by atoms with Crippen LogP contribution in [0.5, 0.6) is 0 Å². The lowest BCUT2D eigenvalue weighted by Gasteiger charge is -2.09. The molecule has 6 nitrogen and oxygen atoms in total. The molecule has 2 rings (SSSR count). The molecule has 0 unspecified atom stereocenters. The zero-order valence-corrected chi connectivity index (χ0v) is 10.9. The van der Waals surface area contributed by atoms with Crippen LogP contribution in [0.3, 0.4) is 0 Å². The zero-order valence-electron chi connectivity index (χ0n) is 10.9. The Labute approximate surface area is 111 Å². The van der Waals surface area contributed by atoms with Gasteiger partial charge in [0.1, 0.15) is 6.26 Å². The van der Waals surface area contributed by atoms with Crippen LogP contribution in [0.1, 0.15) is 29.4 Å². The highest BCUT2D eigenvalue weighted by atomic mass is 16.4. The van der Waals surface area contributed by atoms with Gasteiger partial charge in [-0.3, -0.25) is 15.1 Å². The second kappa shape index (κ2) is 5.99. The first-order valence-corrected chi connectivity index (χ1v) is 6.12. The molecule has 0 aromatic carbocycles. The van der Waals surface area contributed by atoms with Gasteiger partial charge in [0.05, 0.1) is 16.9 Å². The molecule has 0 radical (unpaired) electrons. The number of pyridine rings is 1. The number of carbonyl (C=O) groups is 1. The molecule has 0 saturated heterocycles. The van der Waals surface area contributed by atoms with Crippen LogP contribution in [0.15, 0.2) is 29.1 Å². The molecule has 0 fully saturated rings. The van der Waals surface area contributed by atoms with Gasteiger partial charge in [-0.1, -0.05) is 6.92 Å². The van der Waals surface area contributed by atoms with E-state index in [-0.39, 0.29) is 11.9 Å². The van der Waals surface area contributed by atoms with Crippen molar-refractivity contribution in [1.82, 2.24) is 9.97 Å². The highest BCUT2D eigenvalue weighted by Crippen LogP contribution is 2.16. The predicted octanol–water partition coefficient (Wildman–Crippen LogP) is 2.45. The summed E-state index contributed by atoms with van der Waals surface area (Å²) in [6.45, 7) is 4.64. The van der Waals surface area contributed by atoms with Crippen LogP contribution >= 0.6 is 0 Å². The average molecular weight is 260 g/mol. The van der Waals surface area contributed by atoms with Crippen molar-refractivity contribution in [1.29, 1.82) is 0 Å². The number of carbonyl (C=O) groups excluding carboxylic acids is 1. The fraction of sp³-hybridized carbons (Fsp3) is 0.308. The number of hydrogen-bond acceptors (Lipinski definition) is 5. The molecule has 0 saturated carbocycles. The third-order valence-electron chi connectivity index (χ3n) is 2.47. The quantitative estimate of drug-likeness (QED) is 0.863. The van der Waals surface area contributed by atoms with Gasteiger partial charge < -0.3 is 9.73 Å². The van der Waals surface area contributed by atoms with Crippen molar-refractivity contribution in [2.45, 2.75) is 20.3 Å². The fourth-order valence-electron chi connectivity index (χ4n) is 1.57. The topological polar surface area (TPSA) is 80.0 Å². The number of nitrogens with one attached hydrogen (secondary N) is 2. The number of amides is 1. The molecule has 0 aliphatic heterocycles. The summed E-state index contributed by atoms with van der Waals surface area (Å²) in [5, 5.41) is 5.78. The first-order chi connectivity index (χ1) is 9.20. The van der Waals surface area contributed by atoms with Gasteiger partial charge in [-0.15, -0.1) is 0 Å². The van der Waals surface area contributed by atoms with Crippen LogP contribution in [0.25, 0.3) is 0 Å². The third kappa shape index (κ3) is 3.31. The molecule has 19 heavy (non-hydrogen) atoms. The minimum Gasteiger partial charge on any atom is -0.432 e. The largest absolute Gasteiger partial charge is 0.432 e. The van der Waals surface area contributed by atoms with Crippen molar-refractivity contribution in [3.63, 3.8) is 0 Å². The van der Waals surface area contributed by atoms with Crippen molar-refractivity contribution < 1.29 is 9.21 Å². The smallest absolute Gasteiger partial charge is 0.301 e. The van der Waals surface area contributed by atoms with Gasteiger partial charge in [0, 0.05) is 18.9 Å². The molecule has 2 aromatic heterocycles. The highest BCUT2D eigenvalue weighted by Gasteiger charge is 2.13. The minimum atomic E-state index is -0.298. The van der Waals surface area contributed by atoms with Crippen LogP contribution < -0.4 is 10.6 Å². The molecule has 2 heterocycles. The van der Waals surface area contributed by atoms with E-state index in [0.717, 1.165) is 18.7 Å². The summed E-state index contributed by atoms with van der Waals surface area (Å²) < 4.78 is 5.09. The van der Waals surface area contributed by atoms with Crippen molar-refractivity contribution >= 4 is 17.6 Å². The fourth-order valence-corrected chi connectivity index (χ4v) is 1.57. The first-order valence-electron chi connectivity index (χ1n) is 6.12. The van der Waals surface area contributed by atoms with Crippen LogP contribution in [0.2, 0.25) is 0 Å². The molecule has 0 aliphatic rings. The molecule has 6 heteroatoms. The lowest BCUT2D eigenvalue weighted by Crippen LogP contribution is -2.15. The van der Waals surface area contributed by atoms with E-state index in [1.807, 2.05) is 0 Å². The maximum absolute atomic E-state index is 12.1. The molecule has 1 amide bonds. The SMILES string of the molecule is CCCNc1ccncc1C(=O)Nc1nc(C)co1.